The first-order valence-corrected chi connectivity index (χ1v) is 11.2. The average molecular weight is 438 g/mol. The first kappa shape index (κ1) is 21.1. The van der Waals surface area contributed by atoms with Crippen LogP contribution in [0.15, 0.2) is 54.6 Å². The second-order valence-electron chi connectivity index (χ2n) is 7.64. The van der Waals surface area contributed by atoms with Gasteiger partial charge in [0.2, 0.25) is 5.88 Å². The third-order valence-corrected chi connectivity index (χ3v) is 6.22. The predicted octanol–water partition coefficient (Wildman–Crippen LogP) is 4.78. The van der Waals surface area contributed by atoms with Gasteiger partial charge in [-0.1, -0.05) is 18.2 Å². The van der Waals surface area contributed by atoms with Gasteiger partial charge in [0.05, 0.1) is 0 Å². The molecule has 0 aliphatic carbocycles. The van der Waals surface area contributed by atoms with Gasteiger partial charge in [0.1, 0.15) is 27.9 Å². The minimum Gasteiger partial charge on any atom is -0.492 e. The van der Waals surface area contributed by atoms with E-state index in [-0.39, 0.29) is 11.7 Å². The highest BCUT2D eigenvalue weighted by Crippen LogP contribution is 2.33. The zero-order chi connectivity index (χ0) is 21.6. The molecule has 1 atom stereocenters. The van der Waals surface area contributed by atoms with Crippen LogP contribution in [0.25, 0.3) is 0 Å². The molecule has 1 aromatic heterocycles. The van der Waals surface area contributed by atoms with E-state index in [0.717, 1.165) is 41.7 Å². The lowest BCUT2D eigenvalue weighted by molar-refractivity contribution is 0.297. The third-order valence-electron chi connectivity index (χ3n) is 5.47. The largest absolute Gasteiger partial charge is 0.492 e. The van der Waals surface area contributed by atoms with Crippen molar-refractivity contribution in [3.05, 3.63) is 60.2 Å². The van der Waals surface area contributed by atoms with Crippen LogP contribution in [-0.2, 0) is 0 Å². The molecule has 1 fully saturated rings. The molecular formula is C23H27N5O2S. The van der Waals surface area contributed by atoms with Gasteiger partial charge < -0.3 is 25.4 Å². The van der Waals surface area contributed by atoms with Gasteiger partial charge in [-0.05, 0) is 80.8 Å². The van der Waals surface area contributed by atoms with Gasteiger partial charge in [0.25, 0.3) is 0 Å². The van der Waals surface area contributed by atoms with Crippen molar-refractivity contribution in [2.45, 2.75) is 25.3 Å². The number of nitrogens with zero attached hydrogens (tertiary/aromatic N) is 2. The van der Waals surface area contributed by atoms with E-state index >= 15 is 0 Å². The molecule has 4 N–H and O–H groups in total. The summed E-state index contributed by atoms with van der Waals surface area (Å²) >= 11 is 1.13. The summed E-state index contributed by atoms with van der Waals surface area (Å²) in [5.41, 5.74) is 1.22. The Balaban J connectivity index is 1.36. The Labute approximate surface area is 186 Å². The van der Waals surface area contributed by atoms with Gasteiger partial charge in [-0.25, -0.2) is 0 Å². The van der Waals surface area contributed by atoms with E-state index in [2.05, 4.69) is 27.0 Å². The maximum absolute atomic E-state index is 10.2. The van der Waals surface area contributed by atoms with Crippen LogP contribution in [0.2, 0.25) is 0 Å². The number of hydrogen-bond acceptors (Lipinski definition) is 7. The fourth-order valence-electron chi connectivity index (χ4n) is 3.75. The number of likely N-dealkylation sites (tertiary alicyclic amines) is 1. The molecule has 0 radical (unpaired) electrons. The van der Waals surface area contributed by atoms with Crippen LogP contribution in [0.5, 0.6) is 17.4 Å². The SMILES string of the molecule is CN1CCCC1CCNC(=N)c1c(O)nsc1Nc1ccc(Oc2ccccc2)cc1. The highest BCUT2D eigenvalue weighted by molar-refractivity contribution is 7.11. The Morgan fingerprint density at radius 3 is 2.65 bits per heavy atom. The second kappa shape index (κ2) is 9.80. The van der Waals surface area contributed by atoms with Crippen molar-refractivity contribution in [1.29, 1.82) is 5.41 Å². The number of nitrogens with one attached hydrogen (secondary N) is 3. The summed E-state index contributed by atoms with van der Waals surface area (Å²) in [6.45, 7) is 1.83. The van der Waals surface area contributed by atoms with E-state index in [1.807, 2.05) is 54.6 Å². The Morgan fingerprint density at radius 1 is 1.19 bits per heavy atom. The van der Waals surface area contributed by atoms with Crippen LogP contribution < -0.4 is 15.4 Å². The second-order valence-corrected chi connectivity index (χ2v) is 8.42. The lowest BCUT2D eigenvalue weighted by Gasteiger charge is -2.19. The van der Waals surface area contributed by atoms with E-state index in [9.17, 15) is 5.11 Å². The van der Waals surface area contributed by atoms with Crippen molar-refractivity contribution in [3.8, 4) is 17.4 Å². The Kier molecular flexibility index (Phi) is 6.69. The highest BCUT2D eigenvalue weighted by atomic mass is 32.1. The first-order chi connectivity index (χ1) is 15.1. The van der Waals surface area contributed by atoms with Gasteiger partial charge in [0, 0.05) is 18.3 Å². The van der Waals surface area contributed by atoms with Crippen molar-refractivity contribution in [2.24, 2.45) is 0 Å². The molecule has 31 heavy (non-hydrogen) atoms. The molecule has 1 aliphatic rings. The molecule has 0 amide bonds. The van der Waals surface area contributed by atoms with Crippen molar-refractivity contribution in [2.75, 3.05) is 25.5 Å². The Morgan fingerprint density at radius 2 is 1.94 bits per heavy atom. The smallest absolute Gasteiger partial charge is 0.236 e. The van der Waals surface area contributed by atoms with Gasteiger partial charge in [-0.3, -0.25) is 5.41 Å². The molecule has 7 nitrogen and oxygen atoms in total. The normalized spacial score (nSPS) is 16.2. The van der Waals surface area contributed by atoms with E-state index < -0.39 is 0 Å². The number of amidine groups is 1. The summed E-state index contributed by atoms with van der Waals surface area (Å²) in [5, 5.41) is 25.6. The Hall–Kier alpha value is -3.10. The zero-order valence-corrected chi connectivity index (χ0v) is 18.3. The van der Waals surface area contributed by atoms with Crippen LogP contribution in [0.4, 0.5) is 10.7 Å². The number of para-hydroxylation sites is 1. The molecule has 2 aromatic carbocycles. The lowest BCUT2D eigenvalue weighted by atomic mass is 10.1. The summed E-state index contributed by atoms with van der Waals surface area (Å²) < 4.78 is 9.84. The van der Waals surface area contributed by atoms with Gasteiger partial charge >= 0.3 is 0 Å². The molecule has 8 heteroatoms. The number of aromatic nitrogens is 1. The van der Waals surface area contributed by atoms with Crippen LogP contribution in [0, 0.1) is 5.41 Å². The minimum absolute atomic E-state index is 0.132. The summed E-state index contributed by atoms with van der Waals surface area (Å²) in [6, 6.07) is 17.7. The number of aromatic hydroxyl groups is 1. The maximum Gasteiger partial charge on any atom is 0.236 e. The molecule has 3 aromatic rings. The predicted molar refractivity (Wildman–Crippen MR) is 125 cm³/mol. The standard InChI is InChI=1S/C23H27N5O2S/c1-28-15-5-6-17(28)13-14-25-21(24)20-22(29)27-31-23(20)26-16-9-11-19(12-10-16)30-18-7-3-2-4-8-18/h2-4,7-12,17,26H,5-6,13-15H2,1H3,(H2,24,25)(H,27,29). The number of ether oxygens (including phenoxy) is 1. The quantitative estimate of drug-likeness (QED) is 0.299. The van der Waals surface area contributed by atoms with Crippen molar-refractivity contribution in [3.63, 3.8) is 0 Å². The van der Waals surface area contributed by atoms with E-state index in [0.29, 0.717) is 23.2 Å². The van der Waals surface area contributed by atoms with Crippen LogP contribution in [0.3, 0.4) is 0 Å². The minimum atomic E-state index is -0.132. The first-order valence-electron chi connectivity index (χ1n) is 10.4. The highest BCUT2D eigenvalue weighted by Gasteiger charge is 2.22. The molecule has 4 rings (SSSR count). The van der Waals surface area contributed by atoms with Crippen molar-refractivity contribution < 1.29 is 9.84 Å². The fraction of sp³-hybridized carbons (Fsp3) is 0.304. The van der Waals surface area contributed by atoms with Crippen LogP contribution in [-0.4, -0.2) is 46.4 Å². The maximum atomic E-state index is 10.2. The van der Waals surface area contributed by atoms with Gasteiger partial charge in [-0.2, -0.15) is 4.37 Å². The molecule has 1 unspecified atom stereocenters. The average Bonchev–Trinajstić information content (AvgIpc) is 3.35. The molecular weight excluding hydrogens is 410 g/mol. The van der Waals surface area contributed by atoms with Crippen LogP contribution in [0.1, 0.15) is 24.8 Å². The lowest BCUT2D eigenvalue weighted by Crippen LogP contribution is -2.31. The Bertz CT molecular complexity index is 1010. The molecule has 162 valence electrons. The third kappa shape index (κ3) is 5.34. The molecule has 0 saturated carbocycles. The number of anilines is 2. The van der Waals surface area contributed by atoms with Crippen molar-refractivity contribution in [1.82, 2.24) is 14.6 Å². The van der Waals surface area contributed by atoms with E-state index in [1.54, 1.807) is 0 Å². The van der Waals surface area contributed by atoms with Gasteiger partial charge in [-0.15, -0.1) is 0 Å². The molecule has 0 spiro atoms. The van der Waals surface area contributed by atoms with Crippen molar-refractivity contribution >= 4 is 28.1 Å². The van der Waals surface area contributed by atoms with Gasteiger partial charge in [0.15, 0.2) is 0 Å². The van der Waals surface area contributed by atoms with E-state index in [4.69, 9.17) is 10.1 Å². The monoisotopic (exact) mass is 437 g/mol. The topological polar surface area (TPSA) is 93.5 Å². The summed E-state index contributed by atoms with van der Waals surface area (Å²) in [4.78, 5) is 2.37. The fourth-order valence-corrected chi connectivity index (χ4v) is 4.47. The summed E-state index contributed by atoms with van der Waals surface area (Å²) in [5.74, 6) is 1.56. The number of hydrogen-bond donors (Lipinski definition) is 4. The molecule has 1 aliphatic heterocycles. The molecule has 1 saturated heterocycles. The summed E-state index contributed by atoms with van der Waals surface area (Å²) in [6.07, 6.45) is 3.41. The van der Waals surface area contributed by atoms with Crippen LogP contribution >= 0.6 is 11.5 Å². The van der Waals surface area contributed by atoms with E-state index in [1.165, 1.54) is 12.8 Å². The number of benzene rings is 2. The molecule has 2 heterocycles. The summed E-state index contributed by atoms with van der Waals surface area (Å²) in [7, 11) is 2.15. The number of rotatable bonds is 8. The molecule has 0 bridgehead atoms. The zero-order valence-electron chi connectivity index (χ0n) is 17.5.